The molecule has 0 radical (unpaired) electrons. The molecule has 0 aliphatic heterocycles. The molecule has 0 rings (SSSR count). The van der Waals surface area contributed by atoms with Crippen LogP contribution >= 0.6 is 0 Å². The minimum absolute atomic E-state index is 1.23. The van der Waals surface area contributed by atoms with Crippen LogP contribution in [0.15, 0.2) is 0 Å². The van der Waals surface area contributed by atoms with Crippen molar-refractivity contribution in [3.05, 3.63) is 0 Å². The molecule has 26 heavy (non-hydrogen) atoms. The second-order valence-corrected chi connectivity index (χ2v) is 4.17. The standard InChI is InChI=1S/C8H2F16O2/c9-1-2(10,11)25-7(21,22)4(14,15)8(23,24)26-6(19,20)3(12,13)5(16,17)18/h1H2. The molecule has 0 heterocycles. The van der Waals surface area contributed by atoms with Crippen molar-refractivity contribution in [3.63, 3.8) is 0 Å². The van der Waals surface area contributed by atoms with Gasteiger partial charge in [-0.2, -0.15) is 65.9 Å². The Kier molecular flexibility index (Phi) is 6.15. The quantitative estimate of drug-likeness (QED) is 0.490. The van der Waals surface area contributed by atoms with Gasteiger partial charge in [-0.15, -0.1) is 0 Å². The van der Waals surface area contributed by atoms with Gasteiger partial charge in [-0.25, -0.2) is 13.9 Å². The molecule has 18 heteroatoms. The summed E-state index contributed by atoms with van der Waals surface area (Å²) in [4.78, 5) is 0. The van der Waals surface area contributed by atoms with Crippen LogP contribution in [0.25, 0.3) is 0 Å². The fourth-order valence-corrected chi connectivity index (χ4v) is 0.902. The second-order valence-electron chi connectivity index (χ2n) is 4.17. The molecular weight excluding hydrogens is 432 g/mol. The first-order valence-corrected chi connectivity index (χ1v) is 5.27. The van der Waals surface area contributed by atoms with Gasteiger partial charge >= 0.3 is 42.5 Å². The van der Waals surface area contributed by atoms with Gasteiger partial charge in [0.2, 0.25) is 0 Å². The monoisotopic (exact) mass is 434 g/mol. The zero-order valence-electron chi connectivity index (χ0n) is 11.1. The second kappa shape index (κ2) is 6.45. The summed E-state index contributed by atoms with van der Waals surface area (Å²) < 4.78 is 200. The smallest absolute Gasteiger partial charge is 0.248 e. The van der Waals surface area contributed by atoms with Gasteiger partial charge < -0.3 is 0 Å². The summed E-state index contributed by atoms with van der Waals surface area (Å²) in [6, 6.07) is 0. The number of hydrogen-bond donors (Lipinski definition) is 0. The minimum atomic E-state index is -7.69. The van der Waals surface area contributed by atoms with Gasteiger partial charge in [-0.05, 0) is 0 Å². The lowest BCUT2D eigenvalue weighted by molar-refractivity contribution is -0.534. The largest absolute Gasteiger partial charge is 0.462 e. The third-order valence-corrected chi connectivity index (χ3v) is 2.14. The maximum atomic E-state index is 12.8. The van der Waals surface area contributed by atoms with Crippen molar-refractivity contribution < 1.29 is 79.7 Å². The first kappa shape index (κ1) is 24.8. The van der Waals surface area contributed by atoms with E-state index in [1.165, 1.54) is 4.74 Å². The molecule has 158 valence electrons. The van der Waals surface area contributed by atoms with E-state index in [1.54, 1.807) is 4.74 Å². The zero-order chi connectivity index (χ0) is 21.6. The van der Waals surface area contributed by atoms with Crippen LogP contribution in [0.5, 0.6) is 0 Å². The van der Waals surface area contributed by atoms with Crippen LogP contribution in [0.3, 0.4) is 0 Å². The lowest BCUT2D eigenvalue weighted by Gasteiger charge is -2.36. The molecule has 0 atom stereocenters. The van der Waals surface area contributed by atoms with E-state index in [9.17, 15) is 70.2 Å². The number of hydrogen-bond acceptors (Lipinski definition) is 2. The van der Waals surface area contributed by atoms with Gasteiger partial charge in [0.15, 0.2) is 6.67 Å². The van der Waals surface area contributed by atoms with E-state index in [2.05, 4.69) is 0 Å². The van der Waals surface area contributed by atoms with E-state index in [0.717, 1.165) is 0 Å². The Morgan fingerprint density at radius 1 is 0.462 bits per heavy atom. The van der Waals surface area contributed by atoms with Crippen molar-refractivity contribution >= 4 is 0 Å². The molecule has 0 aliphatic rings. The number of rotatable bonds is 8. The highest BCUT2D eigenvalue weighted by Crippen LogP contribution is 2.54. The predicted octanol–water partition coefficient (Wildman–Crippen LogP) is 5.19. The molecule has 0 aliphatic carbocycles. The lowest BCUT2D eigenvalue weighted by atomic mass is 10.2. The van der Waals surface area contributed by atoms with Crippen molar-refractivity contribution in [2.45, 2.75) is 42.5 Å². The van der Waals surface area contributed by atoms with E-state index >= 15 is 0 Å². The Balaban J connectivity index is 5.86. The van der Waals surface area contributed by atoms with Crippen LogP contribution in [0.1, 0.15) is 0 Å². The van der Waals surface area contributed by atoms with Gasteiger partial charge in [0.25, 0.3) is 0 Å². The molecule has 0 amide bonds. The summed E-state index contributed by atoms with van der Waals surface area (Å²) in [5, 5.41) is 0. The van der Waals surface area contributed by atoms with Crippen LogP contribution in [0, 0.1) is 0 Å². The first-order chi connectivity index (χ1) is 11.0. The molecule has 0 aromatic carbocycles. The van der Waals surface area contributed by atoms with E-state index in [4.69, 9.17) is 0 Å². The maximum absolute atomic E-state index is 12.8. The minimum Gasteiger partial charge on any atom is -0.248 e. The van der Waals surface area contributed by atoms with Gasteiger partial charge in [0.1, 0.15) is 0 Å². The van der Waals surface area contributed by atoms with E-state index < -0.39 is 49.1 Å². The average Bonchev–Trinajstić information content (AvgIpc) is 2.34. The highest BCUT2D eigenvalue weighted by molar-refractivity contribution is 4.91. The fraction of sp³-hybridized carbons (Fsp3) is 1.00. The third kappa shape index (κ3) is 4.37. The predicted molar refractivity (Wildman–Crippen MR) is 43.9 cm³/mol. The SMILES string of the molecule is FCC(F)(F)OC(F)(F)C(F)(F)C(F)(F)OC(F)(F)C(F)(F)C(F)(F)F. The summed E-state index contributed by atoms with van der Waals surface area (Å²) in [6.07, 6.45) is -35.8. The maximum Gasteiger partial charge on any atom is 0.462 e. The van der Waals surface area contributed by atoms with E-state index in [-0.39, 0.29) is 0 Å². The molecule has 0 N–H and O–H groups in total. The topological polar surface area (TPSA) is 18.5 Å². The molecule has 0 spiro atoms. The highest BCUT2D eigenvalue weighted by Gasteiger charge is 2.83. The van der Waals surface area contributed by atoms with Gasteiger partial charge in [-0.3, -0.25) is 0 Å². The summed E-state index contributed by atoms with van der Waals surface area (Å²) in [5.41, 5.74) is 0. The number of alkyl halides is 16. The van der Waals surface area contributed by atoms with Gasteiger partial charge in [0, 0.05) is 0 Å². The van der Waals surface area contributed by atoms with Crippen LogP contribution in [0.2, 0.25) is 0 Å². The molecule has 0 saturated heterocycles. The van der Waals surface area contributed by atoms with Crippen molar-refractivity contribution in [1.82, 2.24) is 0 Å². The van der Waals surface area contributed by atoms with Gasteiger partial charge in [0.05, 0.1) is 0 Å². The summed E-state index contributed by atoms with van der Waals surface area (Å²) in [7, 11) is 0. The van der Waals surface area contributed by atoms with Crippen molar-refractivity contribution in [2.24, 2.45) is 0 Å². The fourth-order valence-electron chi connectivity index (χ4n) is 0.902. The van der Waals surface area contributed by atoms with E-state index in [0.29, 0.717) is 0 Å². The summed E-state index contributed by atoms with van der Waals surface area (Å²) >= 11 is 0. The Hall–Kier alpha value is -1.20. The molecule has 0 aromatic heterocycles. The molecule has 0 saturated carbocycles. The Morgan fingerprint density at radius 2 is 0.769 bits per heavy atom. The average molecular weight is 434 g/mol. The van der Waals surface area contributed by atoms with Crippen LogP contribution in [0.4, 0.5) is 70.2 Å². The highest BCUT2D eigenvalue weighted by atomic mass is 19.4. The Morgan fingerprint density at radius 3 is 1.08 bits per heavy atom. The summed E-state index contributed by atoms with van der Waals surface area (Å²) in [6.45, 7) is -3.33. The molecule has 0 unspecified atom stereocenters. The molecule has 0 fully saturated rings. The van der Waals surface area contributed by atoms with Crippen LogP contribution in [-0.4, -0.2) is 49.1 Å². The van der Waals surface area contributed by atoms with Crippen LogP contribution in [-0.2, 0) is 9.47 Å². The number of halogens is 16. The van der Waals surface area contributed by atoms with Crippen molar-refractivity contribution in [1.29, 1.82) is 0 Å². The lowest BCUT2D eigenvalue weighted by Crippen LogP contribution is -2.63. The molecule has 2 nitrogen and oxygen atoms in total. The molecule has 0 bridgehead atoms. The Labute approximate surface area is 130 Å². The summed E-state index contributed by atoms with van der Waals surface area (Å²) in [5.74, 6) is -15.3. The first-order valence-electron chi connectivity index (χ1n) is 5.27. The van der Waals surface area contributed by atoms with Crippen molar-refractivity contribution in [3.8, 4) is 0 Å². The molecule has 0 aromatic rings. The number of ether oxygens (including phenoxy) is 2. The normalized spacial score (nSPS) is 16.2. The van der Waals surface area contributed by atoms with Crippen molar-refractivity contribution in [2.75, 3.05) is 6.67 Å². The van der Waals surface area contributed by atoms with Gasteiger partial charge in [-0.1, -0.05) is 0 Å². The zero-order valence-corrected chi connectivity index (χ0v) is 11.1. The van der Waals surface area contributed by atoms with E-state index in [1.807, 2.05) is 0 Å². The Bertz CT molecular complexity index is 493. The molecular formula is C8H2F16O2. The van der Waals surface area contributed by atoms with Crippen LogP contribution < -0.4 is 0 Å². The third-order valence-electron chi connectivity index (χ3n) is 2.14.